The lowest BCUT2D eigenvalue weighted by Crippen LogP contribution is -2.29. The van der Waals surface area contributed by atoms with Crippen LogP contribution in [0.5, 0.6) is 5.75 Å². The highest BCUT2D eigenvalue weighted by Crippen LogP contribution is 2.35. The lowest BCUT2D eigenvalue weighted by atomic mass is 9.73. The monoisotopic (exact) mass is 274 g/mol. The van der Waals surface area contributed by atoms with Crippen LogP contribution in [0.15, 0.2) is 18.2 Å². The maximum absolute atomic E-state index is 12.2. The fourth-order valence-corrected chi connectivity index (χ4v) is 3.28. The first-order valence-electron chi connectivity index (χ1n) is 7.67. The summed E-state index contributed by atoms with van der Waals surface area (Å²) in [5.41, 5.74) is 2.40. The summed E-state index contributed by atoms with van der Waals surface area (Å²) in [6.07, 6.45) is 3.68. The molecular formula is C18H26O2. The Morgan fingerprint density at radius 3 is 2.75 bits per heavy atom. The normalized spacial score (nSPS) is 23.1. The van der Waals surface area contributed by atoms with Gasteiger partial charge in [0.1, 0.15) is 11.5 Å². The molecule has 0 radical (unpaired) electrons. The molecule has 2 heteroatoms. The van der Waals surface area contributed by atoms with Gasteiger partial charge >= 0.3 is 0 Å². The van der Waals surface area contributed by atoms with E-state index in [1.54, 1.807) is 7.11 Å². The Labute approximate surface area is 122 Å². The topological polar surface area (TPSA) is 26.3 Å². The van der Waals surface area contributed by atoms with E-state index in [-0.39, 0.29) is 5.92 Å². The minimum atomic E-state index is 0.173. The van der Waals surface area contributed by atoms with Gasteiger partial charge in [-0.1, -0.05) is 31.5 Å². The summed E-state index contributed by atoms with van der Waals surface area (Å²) in [4.78, 5) is 12.2. The molecular weight excluding hydrogens is 248 g/mol. The molecule has 1 saturated carbocycles. The lowest BCUT2D eigenvalue weighted by Gasteiger charge is -2.31. The predicted octanol–water partition coefficient (Wildman–Crippen LogP) is 4.19. The molecule has 2 nitrogen and oxygen atoms in total. The van der Waals surface area contributed by atoms with Crippen molar-refractivity contribution in [2.45, 2.75) is 46.5 Å². The van der Waals surface area contributed by atoms with Crippen LogP contribution in [0, 0.1) is 24.7 Å². The number of methoxy groups -OCH3 is 1. The van der Waals surface area contributed by atoms with Crippen LogP contribution in [0.4, 0.5) is 0 Å². The number of hydrogen-bond acceptors (Lipinski definition) is 2. The zero-order chi connectivity index (χ0) is 14.7. The molecule has 0 bridgehead atoms. The smallest absolute Gasteiger partial charge is 0.136 e. The molecule has 0 aliphatic heterocycles. The van der Waals surface area contributed by atoms with Gasteiger partial charge in [-0.05, 0) is 49.7 Å². The molecule has 1 aromatic rings. The molecule has 0 saturated heterocycles. The van der Waals surface area contributed by atoms with E-state index in [4.69, 9.17) is 4.74 Å². The molecule has 1 aromatic carbocycles. The first-order chi connectivity index (χ1) is 9.51. The van der Waals surface area contributed by atoms with Crippen LogP contribution < -0.4 is 4.74 Å². The van der Waals surface area contributed by atoms with Gasteiger partial charge in [0.2, 0.25) is 0 Å². The number of aryl methyl sites for hydroxylation is 1. The number of Topliss-reactive ketones (excluding diaryl/α,β-unsaturated/α-hetero) is 1. The van der Waals surface area contributed by atoms with Crippen LogP contribution >= 0.6 is 0 Å². The van der Waals surface area contributed by atoms with E-state index in [9.17, 15) is 4.79 Å². The number of carbonyl (C=O) groups is 1. The van der Waals surface area contributed by atoms with Gasteiger partial charge in [-0.25, -0.2) is 0 Å². The quantitative estimate of drug-likeness (QED) is 0.823. The summed E-state index contributed by atoms with van der Waals surface area (Å²) in [6, 6.07) is 6.23. The zero-order valence-corrected chi connectivity index (χ0v) is 13.1. The minimum absolute atomic E-state index is 0.173. The first-order valence-corrected chi connectivity index (χ1v) is 7.67. The molecule has 1 fully saturated rings. The number of ketones is 1. The van der Waals surface area contributed by atoms with Crippen LogP contribution in [0.1, 0.15) is 44.2 Å². The van der Waals surface area contributed by atoms with Crippen molar-refractivity contribution in [3.05, 3.63) is 29.3 Å². The maximum atomic E-state index is 12.2. The number of benzene rings is 1. The van der Waals surface area contributed by atoms with E-state index in [1.807, 2.05) is 6.07 Å². The summed E-state index contributed by atoms with van der Waals surface area (Å²) in [5, 5.41) is 0. The fourth-order valence-electron chi connectivity index (χ4n) is 3.28. The van der Waals surface area contributed by atoms with Crippen molar-refractivity contribution in [3.63, 3.8) is 0 Å². The first kappa shape index (κ1) is 15.1. The standard InChI is InChI=1S/C18H26O2/c1-12(2)14-6-7-17(19)15(10-14)11-16-9-13(3)5-8-18(16)20-4/h5,8-9,12,14-15H,6-7,10-11H2,1-4H3. The van der Waals surface area contributed by atoms with E-state index in [0.29, 0.717) is 17.6 Å². The van der Waals surface area contributed by atoms with E-state index in [1.165, 1.54) is 11.1 Å². The zero-order valence-electron chi connectivity index (χ0n) is 13.1. The molecule has 1 aliphatic rings. The van der Waals surface area contributed by atoms with E-state index in [0.717, 1.165) is 31.4 Å². The molecule has 0 heterocycles. The van der Waals surface area contributed by atoms with Gasteiger partial charge in [0.25, 0.3) is 0 Å². The van der Waals surface area contributed by atoms with E-state index < -0.39 is 0 Å². The van der Waals surface area contributed by atoms with Crippen molar-refractivity contribution in [1.29, 1.82) is 0 Å². The maximum Gasteiger partial charge on any atom is 0.136 e. The van der Waals surface area contributed by atoms with Crippen LogP contribution in [0.2, 0.25) is 0 Å². The average molecular weight is 274 g/mol. The number of ether oxygens (including phenoxy) is 1. The molecule has 0 N–H and O–H groups in total. The summed E-state index contributed by atoms with van der Waals surface area (Å²) in [6.45, 7) is 6.62. The third kappa shape index (κ3) is 3.41. The molecule has 1 aliphatic carbocycles. The average Bonchev–Trinajstić information content (AvgIpc) is 2.41. The van der Waals surface area contributed by atoms with E-state index in [2.05, 4.69) is 32.9 Å². The van der Waals surface area contributed by atoms with E-state index >= 15 is 0 Å². The molecule has 0 amide bonds. The van der Waals surface area contributed by atoms with Crippen LogP contribution in [0.3, 0.4) is 0 Å². The van der Waals surface area contributed by atoms with Crippen LogP contribution in [-0.4, -0.2) is 12.9 Å². The molecule has 0 spiro atoms. The van der Waals surface area contributed by atoms with Crippen LogP contribution in [0.25, 0.3) is 0 Å². The predicted molar refractivity (Wildman–Crippen MR) is 82.1 cm³/mol. The molecule has 20 heavy (non-hydrogen) atoms. The van der Waals surface area contributed by atoms with Gasteiger partial charge in [-0.3, -0.25) is 4.79 Å². The highest BCUT2D eigenvalue weighted by Gasteiger charge is 2.30. The summed E-state index contributed by atoms with van der Waals surface area (Å²) in [7, 11) is 1.70. The SMILES string of the molecule is COc1ccc(C)cc1CC1CC(C(C)C)CCC1=O. The minimum Gasteiger partial charge on any atom is -0.496 e. The van der Waals surface area contributed by atoms with Gasteiger partial charge in [-0.2, -0.15) is 0 Å². The third-order valence-electron chi connectivity index (χ3n) is 4.65. The number of hydrogen-bond donors (Lipinski definition) is 0. The van der Waals surface area contributed by atoms with Crippen molar-refractivity contribution >= 4 is 5.78 Å². The van der Waals surface area contributed by atoms with Gasteiger partial charge in [0.05, 0.1) is 7.11 Å². The van der Waals surface area contributed by atoms with Crippen molar-refractivity contribution in [2.75, 3.05) is 7.11 Å². The second-order valence-corrected chi connectivity index (χ2v) is 6.46. The molecule has 110 valence electrons. The summed E-state index contributed by atoms with van der Waals surface area (Å²) < 4.78 is 5.44. The number of carbonyl (C=O) groups excluding carboxylic acids is 1. The largest absolute Gasteiger partial charge is 0.496 e. The Morgan fingerprint density at radius 1 is 1.35 bits per heavy atom. The lowest BCUT2D eigenvalue weighted by molar-refractivity contribution is -0.125. The van der Waals surface area contributed by atoms with Crippen molar-refractivity contribution < 1.29 is 9.53 Å². The molecule has 2 unspecified atom stereocenters. The van der Waals surface area contributed by atoms with Crippen molar-refractivity contribution in [1.82, 2.24) is 0 Å². The summed E-state index contributed by atoms with van der Waals surface area (Å²) >= 11 is 0. The van der Waals surface area contributed by atoms with Gasteiger partial charge in [0, 0.05) is 12.3 Å². The number of rotatable bonds is 4. The van der Waals surface area contributed by atoms with Crippen molar-refractivity contribution in [2.24, 2.45) is 17.8 Å². The Hall–Kier alpha value is -1.31. The second-order valence-electron chi connectivity index (χ2n) is 6.46. The Bertz CT molecular complexity index is 476. The van der Waals surface area contributed by atoms with Crippen molar-refractivity contribution in [3.8, 4) is 5.75 Å². The molecule has 2 rings (SSSR count). The summed E-state index contributed by atoms with van der Waals surface area (Å²) in [5.74, 6) is 2.88. The molecule has 2 atom stereocenters. The fraction of sp³-hybridized carbons (Fsp3) is 0.611. The van der Waals surface area contributed by atoms with Gasteiger partial charge < -0.3 is 4.74 Å². The Balaban J connectivity index is 2.15. The van der Waals surface area contributed by atoms with Gasteiger partial charge in [0.15, 0.2) is 0 Å². The van der Waals surface area contributed by atoms with Gasteiger partial charge in [-0.15, -0.1) is 0 Å². The second kappa shape index (κ2) is 6.43. The van der Waals surface area contributed by atoms with Crippen LogP contribution in [-0.2, 0) is 11.2 Å². The Kier molecular flexibility index (Phi) is 4.85. The highest BCUT2D eigenvalue weighted by atomic mass is 16.5. The Morgan fingerprint density at radius 2 is 2.10 bits per heavy atom. The third-order valence-corrected chi connectivity index (χ3v) is 4.65. The molecule has 0 aromatic heterocycles. The highest BCUT2D eigenvalue weighted by molar-refractivity contribution is 5.82.